The van der Waals surface area contributed by atoms with Gasteiger partial charge in [-0.05, 0) is 53.4 Å². The number of methoxy groups -OCH3 is 1. The van der Waals surface area contributed by atoms with E-state index in [9.17, 15) is 4.79 Å². The van der Waals surface area contributed by atoms with E-state index in [2.05, 4.69) is 16.4 Å². The van der Waals surface area contributed by atoms with Crippen LogP contribution < -0.4 is 10.1 Å². The SMILES string of the molecule is COc1ccc2cc([C@@H](C)C(=O)NCCc3cccnc3)ccc2c1. The minimum absolute atomic E-state index is 0.0387. The third-order valence-corrected chi connectivity index (χ3v) is 4.40. The average Bonchev–Trinajstić information content (AvgIpc) is 2.67. The largest absolute Gasteiger partial charge is 0.497 e. The van der Waals surface area contributed by atoms with Crippen molar-refractivity contribution >= 4 is 16.7 Å². The normalized spacial score (nSPS) is 11.9. The van der Waals surface area contributed by atoms with Gasteiger partial charge < -0.3 is 10.1 Å². The van der Waals surface area contributed by atoms with Crippen LogP contribution in [0.5, 0.6) is 5.75 Å². The molecule has 4 nitrogen and oxygen atoms in total. The van der Waals surface area contributed by atoms with Crippen LogP contribution in [-0.2, 0) is 11.2 Å². The van der Waals surface area contributed by atoms with Crippen LogP contribution in [0.15, 0.2) is 60.9 Å². The molecule has 3 rings (SSSR count). The molecule has 0 unspecified atom stereocenters. The van der Waals surface area contributed by atoms with Gasteiger partial charge in [0.1, 0.15) is 5.75 Å². The maximum absolute atomic E-state index is 12.4. The van der Waals surface area contributed by atoms with Crippen LogP contribution >= 0.6 is 0 Å². The summed E-state index contributed by atoms with van der Waals surface area (Å²) in [6, 6.07) is 16.0. The van der Waals surface area contributed by atoms with Crippen LogP contribution in [0.1, 0.15) is 24.0 Å². The molecule has 0 saturated heterocycles. The van der Waals surface area contributed by atoms with Crippen molar-refractivity contribution in [3.8, 4) is 5.75 Å². The average molecular weight is 334 g/mol. The number of rotatable bonds is 6. The lowest BCUT2D eigenvalue weighted by Gasteiger charge is -2.14. The number of hydrogen-bond donors (Lipinski definition) is 1. The number of nitrogens with one attached hydrogen (secondary N) is 1. The second kappa shape index (κ2) is 7.79. The van der Waals surface area contributed by atoms with Crippen molar-refractivity contribution in [2.45, 2.75) is 19.3 Å². The summed E-state index contributed by atoms with van der Waals surface area (Å²) in [5.41, 5.74) is 2.13. The number of benzene rings is 2. The Balaban J connectivity index is 1.64. The highest BCUT2D eigenvalue weighted by atomic mass is 16.5. The van der Waals surface area contributed by atoms with Crippen molar-refractivity contribution in [2.75, 3.05) is 13.7 Å². The summed E-state index contributed by atoms with van der Waals surface area (Å²) in [6.45, 7) is 2.55. The number of fused-ring (bicyclic) bond motifs is 1. The maximum Gasteiger partial charge on any atom is 0.227 e. The number of pyridine rings is 1. The molecule has 1 amide bonds. The maximum atomic E-state index is 12.4. The zero-order valence-corrected chi connectivity index (χ0v) is 14.5. The van der Waals surface area contributed by atoms with Gasteiger partial charge in [0.15, 0.2) is 0 Å². The third kappa shape index (κ3) is 4.15. The smallest absolute Gasteiger partial charge is 0.227 e. The lowest BCUT2D eigenvalue weighted by atomic mass is 9.97. The van der Waals surface area contributed by atoms with Crippen LogP contribution in [-0.4, -0.2) is 24.5 Å². The van der Waals surface area contributed by atoms with Gasteiger partial charge in [-0.3, -0.25) is 9.78 Å². The number of hydrogen-bond acceptors (Lipinski definition) is 3. The molecule has 0 fully saturated rings. The van der Waals surface area contributed by atoms with Crippen LogP contribution in [0.4, 0.5) is 0 Å². The third-order valence-electron chi connectivity index (χ3n) is 4.40. The van der Waals surface area contributed by atoms with E-state index in [1.54, 1.807) is 13.3 Å². The van der Waals surface area contributed by atoms with Gasteiger partial charge in [0, 0.05) is 18.9 Å². The van der Waals surface area contributed by atoms with E-state index in [4.69, 9.17) is 4.74 Å². The van der Waals surface area contributed by atoms with E-state index in [0.29, 0.717) is 6.54 Å². The second-order valence-electron chi connectivity index (χ2n) is 6.10. The Hall–Kier alpha value is -2.88. The fraction of sp³-hybridized carbons (Fsp3) is 0.238. The van der Waals surface area contributed by atoms with Crippen molar-refractivity contribution in [3.63, 3.8) is 0 Å². The molecule has 128 valence electrons. The van der Waals surface area contributed by atoms with Gasteiger partial charge in [-0.15, -0.1) is 0 Å². The Morgan fingerprint density at radius 3 is 2.72 bits per heavy atom. The number of amides is 1. The molecule has 0 bridgehead atoms. The molecule has 0 spiro atoms. The summed E-state index contributed by atoms with van der Waals surface area (Å²) in [5, 5.41) is 5.22. The molecular weight excluding hydrogens is 312 g/mol. The van der Waals surface area contributed by atoms with E-state index in [-0.39, 0.29) is 11.8 Å². The summed E-state index contributed by atoms with van der Waals surface area (Å²) in [4.78, 5) is 16.5. The van der Waals surface area contributed by atoms with E-state index >= 15 is 0 Å². The van der Waals surface area contributed by atoms with Gasteiger partial charge in [0.2, 0.25) is 5.91 Å². The first-order chi connectivity index (χ1) is 12.2. The zero-order chi connectivity index (χ0) is 17.6. The van der Waals surface area contributed by atoms with Crippen molar-refractivity contribution in [1.82, 2.24) is 10.3 Å². The molecule has 0 saturated carbocycles. The minimum Gasteiger partial charge on any atom is -0.497 e. The van der Waals surface area contributed by atoms with E-state index in [0.717, 1.165) is 34.1 Å². The molecule has 0 aliphatic carbocycles. The van der Waals surface area contributed by atoms with Crippen molar-refractivity contribution < 1.29 is 9.53 Å². The quantitative estimate of drug-likeness (QED) is 0.748. The van der Waals surface area contributed by atoms with Crippen LogP contribution in [0.3, 0.4) is 0 Å². The van der Waals surface area contributed by atoms with Crippen molar-refractivity contribution in [2.24, 2.45) is 0 Å². The summed E-state index contributed by atoms with van der Waals surface area (Å²) in [6.07, 6.45) is 4.36. The van der Waals surface area contributed by atoms with Crippen molar-refractivity contribution in [1.29, 1.82) is 0 Å². The fourth-order valence-corrected chi connectivity index (χ4v) is 2.82. The lowest BCUT2D eigenvalue weighted by Crippen LogP contribution is -2.29. The Morgan fingerprint density at radius 1 is 1.16 bits per heavy atom. The Kier molecular flexibility index (Phi) is 5.29. The molecule has 0 aliphatic rings. The van der Waals surface area contributed by atoms with Crippen molar-refractivity contribution in [3.05, 3.63) is 72.1 Å². The first-order valence-electron chi connectivity index (χ1n) is 8.41. The molecular formula is C21H22N2O2. The molecule has 3 aromatic rings. The molecule has 1 aromatic heterocycles. The van der Waals surface area contributed by atoms with Gasteiger partial charge >= 0.3 is 0 Å². The highest BCUT2D eigenvalue weighted by molar-refractivity contribution is 5.88. The number of aromatic nitrogens is 1. The standard InChI is InChI=1S/C21H22N2O2/c1-15(21(24)23-11-9-16-4-3-10-22-14-16)17-5-6-19-13-20(25-2)8-7-18(19)12-17/h3-8,10,12-15H,9,11H2,1-2H3,(H,23,24)/t15-/m1/s1. The highest BCUT2D eigenvalue weighted by Crippen LogP contribution is 2.25. The molecule has 1 heterocycles. The van der Waals surface area contributed by atoms with Crippen LogP contribution in [0.2, 0.25) is 0 Å². The lowest BCUT2D eigenvalue weighted by molar-refractivity contribution is -0.122. The first-order valence-corrected chi connectivity index (χ1v) is 8.41. The monoisotopic (exact) mass is 334 g/mol. The number of carbonyl (C=O) groups is 1. The number of carbonyl (C=O) groups excluding carboxylic acids is 1. The van der Waals surface area contributed by atoms with Crippen LogP contribution in [0, 0.1) is 0 Å². The zero-order valence-electron chi connectivity index (χ0n) is 14.5. The predicted octanol–water partition coefficient (Wildman–Crippen LogP) is 3.71. The van der Waals surface area contributed by atoms with Gasteiger partial charge in [0.05, 0.1) is 13.0 Å². The fourth-order valence-electron chi connectivity index (χ4n) is 2.82. The molecule has 1 N–H and O–H groups in total. The second-order valence-corrected chi connectivity index (χ2v) is 6.10. The first kappa shape index (κ1) is 17.0. The minimum atomic E-state index is -0.194. The summed E-state index contributed by atoms with van der Waals surface area (Å²) >= 11 is 0. The summed E-state index contributed by atoms with van der Waals surface area (Å²) in [5.74, 6) is 0.679. The topological polar surface area (TPSA) is 51.2 Å². The van der Waals surface area contributed by atoms with Gasteiger partial charge in [0.25, 0.3) is 0 Å². The molecule has 2 aromatic carbocycles. The Morgan fingerprint density at radius 2 is 1.96 bits per heavy atom. The van der Waals surface area contributed by atoms with Gasteiger partial charge in [-0.25, -0.2) is 0 Å². The van der Waals surface area contributed by atoms with Gasteiger partial charge in [-0.2, -0.15) is 0 Å². The Bertz CT molecular complexity index is 862. The predicted molar refractivity (Wildman–Crippen MR) is 99.9 cm³/mol. The summed E-state index contributed by atoms with van der Waals surface area (Å²) in [7, 11) is 1.66. The van der Waals surface area contributed by atoms with E-state index in [1.165, 1.54) is 0 Å². The molecule has 4 heteroatoms. The van der Waals surface area contributed by atoms with E-state index in [1.807, 2.05) is 55.6 Å². The number of ether oxygens (including phenoxy) is 1. The molecule has 0 radical (unpaired) electrons. The molecule has 25 heavy (non-hydrogen) atoms. The van der Waals surface area contributed by atoms with Crippen LogP contribution in [0.25, 0.3) is 10.8 Å². The molecule has 1 atom stereocenters. The highest BCUT2D eigenvalue weighted by Gasteiger charge is 2.15. The van der Waals surface area contributed by atoms with E-state index < -0.39 is 0 Å². The molecule has 0 aliphatic heterocycles. The summed E-state index contributed by atoms with van der Waals surface area (Å²) < 4.78 is 5.25. The number of nitrogens with zero attached hydrogens (tertiary/aromatic N) is 1. The Labute approximate surface area is 147 Å². The van der Waals surface area contributed by atoms with Gasteiger partial charge in [-0.1, -0.05) is 30.3 Å².